The third-order valence-electron chi connectivity index (χ3n) is 5.83. The predicted molar refractivity (Wildman–Crippen MR) is 117 cm³/mol. The number of anilines is 1. The molecule has 8 nitrogen and oxygen atoms in total. The summed E-state index contributed by atoms with van der Waals surface area (Å²) in [5.41, 5.74) is 4.93. The maximum Gasteiger partial charge on any atom is 0.163 e. The minimum absolute atomic E-state index is 0.284. The molecule has 4 aromatic rings. The lowest BCUT2D eigenvalue weighted by Crippen LogP contribution is -2.20. The second-order valence-corrected chi connectivity index (χ2v) is 8.09. The molecule has 1 fully saturated rings. The molecule has 0 radical (unpaired) electrons. The molecule has 5 heterocycles. The molecule has 0 saturated carbocycles. The lowest BCUT2D eigenvalue weighted by atomic mass is 10.1. The van der Waals surface area contributed by atoms with Crippen LogP contribution in [0, 0.1) is 18.3 Å². The predicted octanol–water partition coefficient (Wildman–Crippen LogP) is 3.36. The first-order chi connectivity index (χ1) is 15.4. The quantitative estimate of drug-likeness (QED) is 0.532. The molecule has 162 valence electrons. The van der Waals surface area contributed by atoms with Crippen molar-refractivity contribution >= 4 is 11.2 Å². The van der Waals surface area contributed by atoms with Gasteiger partial charge < -0.3 is 10.0 Å². The van der Waals surface area contributed by atoms with Gasteiger partial charge >= 0.3 is 0 Å². The summed E-state index contributed by atoms with van der Waals surface area (Å²) in [6.07, 6.45) is 2.64. The smallest absolute Gasteiger partial charge is 0.163 e. The van der Waals surface area contributed by atoms with Gasteiger partial charge in [-0.25, -0.2) is 18.6 Å². The molecule has 0 aliphatic carbocycles. The molecule has 0 aromatic carbocycles. The molecule has 0 amide bonds. The SMILES string of the molecule is Cc1cc(C#N)nn1-c1nc(-c2cnn3cc(N4CCC(F)C4)ccc23)ccc1C(C)O. The monoisotopic (exact) mass is 431 g/mol. The number of rotatable bonds is 4. The summed E-state index contributed by atoms with van der Waals surface area (Å²) >= 11 is 0. The van der Waals surface area contributed by atoms with Crippen molar-refractivity contribution in [1.29, 1.82) is 5.26 Å². The van der Waals surface area contributed by atoms with Gasteiger partial charge in [-0.3, -0.25) is 0 Å². The summed E-state index contributed by atoms with van der Waals surface area (Å²) < 4.78 is 17.0. The number of pyridine rings is 2. The van der Waals surface area contributed by atoms with Crippen LogP contribution in [0.25, 0.3) is 22.6 Å². The lowest BCUT2D eigenvalue weighted by Gasteiger charge is -2.17. The minimum Gasteiger partial charge on any atom is -0.389 e. The number of hydrogen-bond donors (Lipinski definition) is 1. The summed E-state index contributed by atoms with van der Waals surface area (Å²) in [4.78, 5) is 6.81. The van der Waals surface area contributed by atoms with Crippen LogP contribution in [0.2, 0.25) is 0 Å². The van der Waals surface area contributed by atoms with E-state index in [2.05, 4.69) is 10.2 Å². The molecule has 32 heavy (non-hydrogen) atoms. The van der Waals surface area contributed by atoms with Crippen LogP contribution in [0.15, 0.2) is 42.7 Å². The highest BCUT2D eigenvalue weighted by Crippen LogP contribution is 2.30. The van der Waals surface area contributed by atoms with Crippen molar-refractivity contribution in [3.63, 3.8) is 0 Å². The maximum absolute atomic E-state index is 13.6. The van der Waals surface area contributed by atoms with E-state index < -0.39 is 12.3 Å². The lowest BCUT2D eigenvalue weighted by molar-refractivity contribution is 0.198. The first kappa shape index (κ1) is 20.2. The first-order valence-corrected chi connectivity index (χ1v) is 10.5. The van der Waals surface area contributed by atoms with Crippen LogP contribution < -0.4 is 4.90 Å². The number of aromatic nitrogens is 5. The summed E-state index contributed by atoms with van der Waals surface area (Å²) in [5, 5.41) is 28.3. The highest BCUT2D eigenvalue weighted by atomic mass is 19.1. The Balaban J connectivity index is 1.59. The molecule has 1 aliphatic heterocycles. The third-order valence-corrected chi connectivity index (χ3v) is 5.83. The molecule has 4 aromatic heterocycles. The Morgan fingerprint density at radius 2 is 2.12 bits per heavy atom. The zero-order valence-corrected chi connectivity index (χ0v) is 17.8. The maximum atomic E-state index is 13.6. The van der Waals surface area contributed by atoms with E-state index in [0.29, 0.717) is 36.6 Å². The second-order valence-electron chi connectivity index (χ2n) is 8.09. The van der Waals surface area contributed by atoms with Gasteiger partial charge in [-0.05, 0) is 44.5 Å². The van der Waals surface area contributed by atoms with Crippen LogP contribution in [-0.4, -0.2) is 48.7 Å². The van der Waals surface area contributed by atoms with Crippen molar-refractivity contribution in [2.24, 2.45) is 0 Å². The van der Waals surface area contributed by atoms with Crippen molar-refractivity contribution < 1.29 is 9.50 Å². The van der Waals surface area contributed by atoms with E-state index >= 15 is 0 Å². The largest absolute Gasteiger partial charge is 0.389 e. The highest BCUT2D eigenvalue weighted by molar-refractivity contribution is 5.79. The van der Waals surface area contributed by atoms with Crippen molar-refractivity contribution in [2.45, 2.75) is 32.5 Å². The molecular weight excluding hydrogens is 409 g/mol. The first-order valence-electron chi connectivity index (χ1n) is 10.5. The van der Waals surface area contributed by atoms with E-state index in [0.717, 1.165) is 22.5 Å². The Morgan fingerprint density at radius 3 is 2.81 bits per heavy atom. The summed E-state index contributed by atoms with van der Waals surface area (Å²) in [6.45, 7) is 4.60. The molecule has 0 bridgehead atoms. The fraction of sp³-hybridized carbons (Fsp3) is 0.304. The third kappa shape index (κ3) is 3.39. The number of fused-ring (bicyclic) bond motifs is 1. The Hall–Kier alpha value is -3.77. The summed E-state index contributed by atoms with van der Waals surface area (Å²) in [6, 6.07) is 11.3. The molecule has 1 saturated heterocycles. The number of halogens is 1. The van der Waals surface area contributed by atoms with Crippen molar-refractivity contribution in [2.75, 3.05) is 18.0 Å². The van der Waals surface area contributed by atoms with Gasteiger partial charge in [-0.2, -0.15) is 15.5 Å². The van der Waals surface area contributed by atoms with Gasteiger partial charge in [0, 0.05) is 29.9 Å². The molecular formula is C23H22FN7O. The van der Waals surface area contributed by atoms with Gasteiger partial charge in [0.1, 0.15) is 12.2 Å². The molecule has 1 N–H and O–H groups in total. The normalized spacial score (nSPS) is 17.1. The second kappa shape index (κ2) is 7.73. The number of aliphatic hydroxyl groups is 1. The topological polar surface area (TPSA) is 95.3 Å². The molecule has 2 atom stereocenters. The van der Waals surface area contributed by atoms with Crippen molar-refractivity contribution in [3.05, 3.63) is 59.7 Å². The Kier molecular flexibility index (Phi) is 4.87. The van der Waals surface area contributed by atoms with Crippen LogP contribution in [0.1, 0.15) is 36.4 Å². The Morgan fingerprint density at radius 1 is 1.28 bits per heavy atom. The van der Waals surface area contributed by atoms with E-state index in [4.69, 9.17) is 4.98 Å². The van der Waals surface area contributed by atoms with Crippen LogP contribution in [0.3, 0.4) is 0 Å². The standard InChI is InChI=1S/C23H22FN7O/c1-14-9-17(10-25)28-31(14)23-19(15(2)32)4-5-21(27-23)20-11-26-30-13-18(3-6-22(20)30)29-8-7-16(24)12-29/h3-6,9,11,13,15-16,32H,7-8,12H2,1-2H3. The average Bonchev–Trinajstić information content (AvgIpc) is 3.50. The van der Waals surface area contributed by atoms with Gasteiger partial charge in [0.25, 0.3) is 0 Å². The fourth-order valence-corrected chi connectivity index (χ4v) is 4.16. The van der Waals surface area contributed by atoms with Gasteiger partial charge in [0.2, 0.25) is 0 Å². The minimum atomic E-state index is -0.791. The van der Waals surface area contributed by atoms with Gasteiger partial charge in [-0.15, -0.1) is 0 Å². The van der Waals surface area contributed by atoms with Crippen molar-refractivity contribution in [3.8, 4) is 23.1 Å². The number of hydrogen-bond acceptors (Lipinski definition) is 6. The van der Waals surface area contributed by atoms with E-state index in [9.17, 15) is 14.8 Å². The Bertz CT molecular complexity index is 1350. The fourth-order valence-electron chi connectivity index (χ4n) is 4.16. The van der Waals surface area contributed by atoms with Crippen LogP contribution in [0.4, 0.5) is 10.1 Å². The molecule has 2 unspecified atom stereocenters. The highest BCUT2D eigenvalue weighted by Gasteiger charge is 2.23. The summed E-state index contributed by atoms with van der Waals surface area (Å²) in [7, 11) is 0. The van der Waals surface area contributed by atoms with Gasteiger partial charge in [0.15, 0.2) is 11.5 Å². The Labute approximate surface area is 184 Å². The number of alkyl halides is 1. The number of aliphatic hydroxyl groups excluding tert-OH is 1. The zero-order valence-electron chi connectivity index (χ0n) is 17.8. The number of aryl methyl sites for hydroxylation is 1. The zero-order chi connectivity index (χ0) is 22.4. The van der Waals surface area contributed by atoms with E-state index in [1.54, 1.807) is 28.4 Å². The average molecular weight is 431 g/mol. The van der Waals surface area contributed by atoms with E-state index in [1.807, 2.05) is 48.4 Å². The van der Waals surface area contributed by atoms with Gasteiger partial charge in [-0.1, -0.05) is 6.07 Å². The van der Waals surface area contributed by atoms with E-state index in [1.165, 1.54) is 0 Å². The van der Waals surface area contributed by atoms with Crippen LogP contribution in [-0.2, 0) is 0 Å². The van der Waals surface area contributed by atoms with E-state index in [-0.39, 0.29) is 5.69 Å². The van der Waals surface area contributed by atoms with Crippen molar-refractivity contribution in [1.82, 2.24) is 24.4 Å². The summed E-state index contributed by atoms with van der Waals surface area (Å²) in [5.74, 6) is 0.471. The van der Waals surface area contributed by atoms with Gasteiger partial charge in [0.05, 0.1) is 35.4 Å². The molecule has 1 aliphatic rings. The molecule has 5 rings (SSSR count). The number of nitrogens with zero attached hydrogens (tertiary/aromatic N) is 7. The van der Waals surface area contributed by atoms with Crippen LogP contribution >= 0.6 is 0 Å². The van der Waals surface area contributed by atoms with Crippen LogP contribution in [0.5, 0.6) is 0 Å². The molecule has 0 spiro atoms. The number of nitriles is 1. The molecule has 9 heteroatoms.